The van der Waals surface area contributed by atoms with E-state index in [1.165, 1.54) is 10.9 Å². The van der Waals surface area contributed by atoms with E-state index in [9.17, 15) is 0 Å². The topological polar surface area (TPSA) is 25.2 Å². The van der Waals surface area contributed by atoms with Crippen molar-refractivity contribution in [3.8, 4) is 0 Å². The molecule has 0 saturated heterocycles. The minimum Gasteiger partial charge on any atom is -0.396 e. The highest BCUT2D eigenvalue weighted by Gasteiger charge is 2.06. The van der Waals surface area contributed by atoms with Gasteiger partial charge in [0.05, 0.1) is 0 Å². The van der Waals surface area contributed by atoms with Gasteiger partial charge in [0.2, 0.25) is 0 Å². The number of aliphatic hydroxyl groups excluding tert-OH is 1. The molecule has 0 radical (unpaired) electrons. The average molecular weight is 268 g/mol. The second-order valence-corrected chi connectivity index (χ2v) is 4.78. The van der Waals surface area contributed by atoms with Crippen molar-refractivity contribution in [3.63, 3.8) is 0 Å². The molecule has 2 nitrogen and oxygen atoms in total. The van der Waals surface area contributed by atoms with Gasteiger partial charge in [-0.3, -0.25) is 0 Å². The Hall–Kier alpha value is -0.800. The third-order valence-electron chi connectivity index (χ3n) is 2.58. The van der Waals surface area contributed by atoms with Gasteiger partial charge in [0, 0.05) is 34.7 Å². The smallest absolute Gasteiger partial charge is 0.0491 e. The lowest BCUT2D eigenvalue weighted by Crippen LogP contribution is -2.09. The largest absolute Gasteiger partial charge is 0.396 e. The summed E-state index contributed by atoms with van der Waals surface area (Å²) in [7, 11) is 0. The van der Waals surface area contributed by atoms with Crippen LogP contribution in [0.5, 0.6) is 0 Å². The molecular weight excluding hydrogens is 254 g/mol. The Bertz CT molecular complexity index is 464. The zero-order valence-corrected chi connectivity index (χ0v) is 10.2. The van der Waals surface area contributed by atoms with Gasteiger partial charge >= 0.3 is 0 Å². The summed E-state index contributed by atoms with van der Waals surface area (Å²) in [6.07, 6.45) is 2.07. The van der Waals surface area contributed by atoms with E-state index in [2.05, 4.69) is 38.8 Å². The van der Waals surface area contributed by atoms with Gasteiger partial charge in [-0.25, -0.2) is 0 Å². The molecule has 1 unspecified atom stereocenters. The lowest BCUT2D eigenvalue weighted by atomic mass is 10.2. The Labute approximate surface area is 97.7 Å². The summed E-state index contributed by atoms with van der Waals surface area (Å²) in [4.78, 5) is 0. The number of hydrogen-bond acceptors (Lipinski definition) is 1. The summed E-state index contributed by atoms with van der Waals surface area (Å²) in [6.45, 7) is 3.13. The Balaban J connectivity index is 2.41. The molecule has 0 aliphatic heterocycles. The molecule has 0 saturated carbocycles. The molecule has 1 aromatic heterocycles. The molecule has 0 amide bonds. The summed E-state index contributed by atoms with van der Waals surface area (Å²) in [6, 6.07) is 8.28. The summed E-state index contributed by atoms with van der Waals surface area (Å²) >= 11 is 3.53. The van der Waals surface area contributed by atoms with Crippen LogP contribution in [0, 0.1) is 5.92 Å². The van der Waals surface area contributed by atoms with Crippen molar-refractivity contribution in [2.24, 2.45) is 5.92 Å². The molecule has 15 heavy (non-hydrogen) atoms. The van der Waals surface area contributed by atoms with Crippen molar-refractivity contribution in [2.45, 2.75) is 13.5 Å². The average Bonchev–Trinajstić information content (AvgIpc) is 2.63. The van der Waals surface area contributed by atoms with Gasteiger partial charge in [0.1, 0.15) is 0 Å². The molecule has 2 aromatic rings. The highest BCUT2D eigenvalue weighted by Crippen LogP contribution is 2.25. The molecule has 0 spiro atoms. The normalized spacial score (nSPS) is 13.3. The highest BCUT2D eigenvalue weighted by atomic mass is 79.9. The second-order valence-electron chi connectivity index (χ2n) is 3.93. The molecule has 1 N–H and O–H groups in total. The summed E-state index contributed by atoms with van der Waals surface area (Å²) in [5.41, 5.74) is 1.21. The van der Waals surface area contributed by atoms with Gasteiger partial charge in [-0.15, -0.1) is 0 Å². The van der Waals surface area contributed by atoms with Crippen LogP contribution in [0.1, 0.15) is 6.92 Å². The van der Waals surface area contributed by atoms with Crippen LogP contribution in [-0.2, 0) is 6.54 Å². The van der Waals surface area contributed by atoms with E-state index in [-0.39, 0.29) is 6.61 Å². The number of rotatable bonds is 3. The van der Waals surface area contributed by atoms with Crippen LogP contribution in [0.3, 0.4) is 0 Å². The second kappa shape index (κ2) is 4.37. The molecular formula is C12H14BrNO. The monoisotopic (exact) mass is 267 g/mol. The van der Waals surface area contributed by atoms with E-state index in [1.54, 1.807) is 0 Å². The predicted octanol–water partition coefficient (Wildman–Crippen LogP) is 3.03. The fourth-order valence-corrected chi connectivity index (χ4v) is 2.23. The van der Waals surface area contributed by atoms with Crippen LogP contribution in [0.15, 0.2) is 34.9 Å². The number of aliphatic hydroxyl groups is 1. The van der Waals surface area contributed by atoms with Crippen LogP contribution in [-0.4, -0.2) is 16.3 Å². The Morgan fingerprint density at radius 1 is 1.40 bits per heavy atom. The Morgan fingerprint density at radius 3 is 2.93 bits per heavy atom. The van der Waals surface area contributed by atoms with Crippen LogP contribution in [0.2, 0.25) is 0 Å². The molecule has 0 fully saturated rings. The van der Waals surface area contributed by atoms with Gasteiger partial charge in [-0.2, -0.15) is 0 Å². The van der Waals surface area contributed by atoms with Crippen molar-refractivity contribution in [3.05, 3.63) is 34.9 Å². The molecule has 0 bridgehead atoms. The Kier molecular flexibility index (Phi) is 3.12. The van der Waals surface area contributed by atoms with E-state index in [4.69, 9.17) is 5.11 Å². The number of aromatic nitrogens is 1. The van der Waals surface area contributed by atoms with Crippen LogP contribution < -0.4 is 0 Å². The molecule has 1 atom stereocenters. The quantitative estimate of drug-likeness (QED) is 0.909. The first-order chi connectivity index (χ1) is 7.22. The van der Waals surface area contributed by atoms with Crippen LogP contribution in [0.25, 0.3) is 10.9 Å². The first-order valence-corrected chi connectivity index (χ1v) is 5.86. The van der Waals surface area contributed by atoms with E-state index in [0.717, 1.165) is 11.0 Å². The van der Waals surface area contributed by atoms with E-state index in [0.29, 0.717) is 5.92 Å². The van der Waals surface area contributed by atoms with E-state index >= 15 is 0 Å². The summed E-state index contributed by atoms with van der Waals surface area (Å²) < 4.78 is 3.30. The van der Waals surface area contributed by atoms with Crippen molar-refractivity contribution in [1.29, 1.82) is 0 Å². The summed E-state index contributed by atoms with van der Waals surface area (Å²) in [5.74, 6) is 0.291. The maximum atomic E-state index is 9.04. The fourth-order valence-electron chi connectivity index (χ4n) is 1.74. The van der Waals surface area contributed by atoms with E-state index < -0.39 is 0 Å². The molecule has 3 heteroatoms. The lowest BCUT2D eigenvalue weighted by Gasteiger charge is -2.10. The van der Waals surface area contributed by atoms with E-state index in [1.807, 2.05) is 19.1 Å². The highest BCUT2D eigenvalue weighted by molar-refractivity contribution is 9.10. The van der Waals surface area contributed by atoms with Crippen molar-refractivity contribution in [2.75, 3.05) is 6.61 Å². The maximum absolute atomic E-state index is 9.04. The number of fused-ring (bicyclic) bond motifs is 1. The number of halogens is 1. The summed E-state index contributed by atoms with van der Waals surface area (Å²) in [5, 5.41) is 10.3. The molecule has 0 aliphatic rings. The van der Waals surface area contributed by atoms with Gasteiger partial charge in [-0.1, -0.05) is 28.9 Å². The minimum absolute atomic E-state index is 0.230. The van der Waals surface area contributed by atoms with Crippen LogP contribution >= 0.6 is 15.9 Å². The van der Waals surface area contributed by atoms with Crippen molar-refractivity contribution in [1.82, 2.24) is 4.57 Å². The molecule has 2 rings (SSSR count). The standard InChI is InChI=1S/C12H14BrNO/c1-9(8-15)7-14-6-5-10-11(13)3-2-4-12(10)14/h2-6,9,15H,7-8H2,1H3. The lowest BCUT2D eigenvalue weighted by molar-refractivity contribution is 0.224. The first kappa shape index (κ1) is 10.7. The van der Waals surface area contributed by atoms with Gasteiger partial charge in [0.25, 0.3) is 0 Å². The molecule has 1 heterocycles. The molecule has 1 aromatic carbocycles. The number of hydrogen-bond donors (Lipinski definition) is 1. The zero-order chi connectivity index (χ0) is 10.8. The van der Waals surface area contributed by atoms with Gasteiger partial charge in [0.15, 0.2) is 0 Å². The third-order valence-corrected chi connectivity index (χ3v) is 3.27. The van der Waals surface area contributed by atoms with Crippen LogP contribution in [0.4, 0.5) is 0 Å². The van der Waals surface area contributed by atoms with Crippen molar-refractivity contribution >= 4 is 26.8 Å². The molecule has 0 aliphatic carbocycles. The SMILES string of the molecule is CC(CO)Cn1ccc2c(Br)cccc21. The third kappa shape index (κ3) is 2.08. The zero-order valence-electron chi connectivity index (χ0n) is 8.65. The predicted molar refractivity (Wildman–Crippen MR) is 65.9 cm³/mol. The van der Waals surface area contributed by atoms with Gasteiger partial charge < -0.3 is 9.67 Å². The molecule has 80 valence electrons. The maximum Gasteiger partial charge on any atom is 0.0491 e. The van der Waals surface area contributed by atoms with Gasteiger partial charge in [-0.05, 0) is 24.1 Å². The Morgan fingerprint density at radius 2 is 2.20 bits per heavy atom. The number of nitrogens with zero attached hydrogens (tertiary/aromatic N) is 1. The fraction of sp³-hybridized carbons (Fsp3) is 0.333. The first-order valence-electron chi connectivity index (χ1n) is 5.06. The minimum atomic E-state index is 0.230. The number of benzene rings is 1. The van der Waals surface area contributed by atoms with Crippen molar-refractivity contribution < 1.29 is 5.11 Å².